The SMILES string of the molecule is Cc1nn(-c2ccccc2)c(C)c1C1COCCN1C(=O)Cn1cccn1. The van der Waals surface area contributed by atoms with Gasteiger partial charge in [-0.15, -0.1) is 0 Å². The molecule has 1 aromatic carbocycles. The van der Waals surface area contributed by atoms with E-state index in [0.717, 1.165) is 22.6 Å². The third-order valence-electron chi connectivity index (χ3n) is 4.99. The van der Waals surface area contributed by atoms with Crippen molar-refractivity contribution in [2.45, 2.75) is 26.4 Å². The maximum atomic E-state index is 12.9. The van der Waals surface area contributed by atoms with Gasteiger partial charge < -0.3 is 9.64 Å². The third kappa shape index (κ3) is 3.38. The minimum Gasteiger partial charge on any atom is -0.377 e. The van der Waals surface area contributed by atoms with Crippen LogP contribution in [0.4, 0.5) is 0 Å². The molecule has 3 heterocycles. The molecule has 7 nitrogen and oxygen atoms in total. The molecule has 0 radical (unpaired) electrons. The lowest BCUT2D eigenvalue weighted by molar-refractivity contribution is -0.141. The highest BCUT2D eigenvalue weighted by Gasteiger charge is 2.33. The molecule has 3 aromatic rings. The quantitative estimate of drug-likeness (QED) is 0.712. The predicted octanol–water partition coefficient (Wildman–Crippen LogP) is 2.29. The highest BCUT2D eigenvalue weighted by Crippen LogP contribution is 2.31. The van der Waals surface area contributed by atoms with Crippen molar-refractivity contribution in [1.82, 2.24) is 24.5 Å². The molecule has 1 aliphatic rings. The molecule has 1 fully saturated rings. The molecule has 4 rings (SSSR count). The van der Waals surface area contributed by atoms with Crippen molar-refractivity contribution in [3.63, 3.8) is 0 Å². The Hall–Kier alpha value is -2.93. The molecule has 2 aromatic heterocycles. The number of rotatable bonds is 4. The van der Waals surface area contributed by atoms with Crippen LogP contribution in [0.2, 0.25) is 0 Å². The maximum Gasteiger partial charge on any atom is 0.244 e. The molecule has 0 saturated carbocycles. The van der Waals surface area contributed by atoms with E-state index in [1.54, 1.807) is 17.1 Å². The second-order valence-electron chi connectivity index (χ2n) is 6.71. The van der Waals surface area contributed by atoms with Crippen LogP contribution in [0, 0.1) is 13.8 Å². The first-order valence-corrected chi connectivity index (χ1v) is 9.11. The molecule has 0 spiro atoms. The fraction of sp³-hybridized carbons (Fsp3) is 0.350. The number of benzene rings is 1. The number of aryl methyl sites for hydroxylation is 1. The Morgan fingerprint density at radius 3 is 2.78 bits per heavy atom. The van der Waals surface area contributed by atoms with E-state index in [0.29, 0.717) is 19.8 Å². The molecule has 1 amide bonds. The Kier molecular flexibility index (Phi) is 4.77. The van der Waals surface area contributed by atoms with Crippen molar-refractivity contribution in [2.24, 2.45) is 0 Å². The molecule has 1 atom stereocenters. The zero-order chi connectivity index (χ0) is 18.8. The lowest BCUT2D eigenvalue weighted by Gasteiger charge is -2.36. The number of aromatic nitrogens is 4. The summed E-state index contributed by atoms with van der Waals surface area (Å²) in [5.74, 6) is 0.0401. The summed E-state index contributed by atoms with van der Waals surface area (Å²) in [6, 6.07) is 11.7. The van der Waals surface area contributed by atoms with Gasteiger partial charge in [0.15, 0.2) is 0 Å². The number of para-hydroxylation sites is 1. The Bertz CT molecular complexity index is 918. The van der Waals surface area contributed by atoms with E-state index in [1.165, 1.54) is 0 Å². The Labute approximate surface area is 158 Å². The highest BCUT2D eigenvalue weighted by molar-refractivity contribution is 5.76. The average molecular weight is 365 g/mol. The van der Waals surface area contributed by atoms with E-state index >= 15 is 0 Å². The Balaban J connectivity index is 1.66. The number of morpholine rings is 1. The summed E-state index contributed by atoms with van der Waals surface area (Å²) in [6.07, 6.45) is 3.49. The molecule has 0 bridgehead atoms. The first-order chi connectivity index (χ1) is 13.1. The molecule has 27 heavy (non-hydrogen) atoms. The van der Waals surface area contributed by atoms with Gasteiger partial charge in [0, 0.05) is 30.2 Å². The van der Waals surface area contributed by atoms with Crippen LogP contribution in [0.15, 0.2) is 48.8 Å². The summed E-state index contributed by atoms with van der Waals surface area (Å²) in [5, 5.41) is 8.88. The van der Waals surface area contributed by atoms with Crippen molar-refractivity contribution in [1.29, 1.82) is 0 Å². The van der Waals surface area contributed by atoms with Gasteiger partial charge in [0.2, 0.25) is 5.91 Å². The van der Waals surface area contributed by atoms with Crippen molar-refractivity contribution >= 4 is 5.91 Å². The fourth-order valence-electron chi connectivity index (χ4n) is 3.72. The van der Waals surface area contributed by atoms with Gasteiger partial charge >= 0.3 is 0 Å². The van der Waals surface area contributed by atoms with E-state index in [2.05, 4.69) is 5.10 Å². The number of amides is 1. The minimum absolute atomic E-state index is 0.0401. The van der Waals surface area contributed by atoms with Gasteiger partial charge in [-0.05, 0) is 32.0 Å². The largest absolute Gasteiger partial charge is 0.377 e. The molecule has 1 saturated heterocycles. The number of carbonyl (C=O) groups is 1. The van der Waals surface area contributed by atoms with Crippen LogP contribution in [0.3, 0.4) is 0 Å². The van der Waals surface area contributed by atoms with Crippen LogP contribution < -0.4 is 0 Å². The molecule has 7 heteroatoms. The van der Waals surface area contributed by atoms with Crippen LogP contribution >= 0.6 is 0 Å². The third-order valence-corrected chi connectivity index (χ3v) is 4.99. The monoisotopic (exact) mass is 365 g/mol. The van der Waals surface area contributed by atoms with Crippen LogP contribution in [0.1, 0.15) is 23.0 Å². The first-order valence-electron chi connectivity index (χ1n) is 9.11. The summed E-state index contributed by atoms with van der Waals surface area (Å²) >= 11 is 0. The van der Waals surface area contributed by atoms with Crippen molar-refractivity contribution < 1.29 is 9.53 Å². The lowest BCUT2D eigenvalue weighted by atomic mass is 10.0. The predicted molar refractivity (Wildman–Crippen MR) is 101 cm³/mol. The van der Waals surface area contributed by atoms with Crippen LogP contribution in [0.5, 0.6) is 0 Å². The molecular formula is C20H23N5O2. The smallest absolute Gasteiger partial charge is 0.244 e. The van der Waals surface area contributed by atoms with Gasteiger partial charge in [-0.1, -0.05) is 18.2 Å². The van der Waals surface area contributed by atoms with Crippen molar-refractivity contribution in [2.75, 3.05) is 19.8 Å². The normalized spacial score (nSPS) is 17.3. The first kappa shape index (κ1) is 17.5. The van der Waals surface area contributed by atoms with Crippen LogP contribution in [-0.2, 0) is 16.1 Å². The standard InChI is InChI=1S/C20H23N5O2/c1-15-20(16(2)25(22-15)17-7-4-3-5-8-17)18-14-27-12-11-24(18)19(26)13-23-10-6-9-21-23/h3-10,18H,11-14H2,1-2H3. The fourth-order valence-corrected chi connectivity index (χ4v) is 3.72. The van der Waals surface area contributed by atoms with E-state index < -0.39 is 0 Å². The highest BCUT2D eigenvalue weighted by atomic mass is 16.5. The van der Waals surface area contributed by atoms with Crippen LogP contribution in [0.25, 0.3) is 5.69 Å². The molecule has 1 aliphatic heterocycles. The van der Waals surface area contributed by atoms with Gasteiger partial charge in [-0.3, -0.25) is 9.48 Å². The zero-order valence-electron chi connectivity index (χ0n) is 15.6. The summed E-state index contributed by atoms with van der Waals surface area (Å²) in [6.45, 7) is 5.87. The van der Waals surface area contributed by atoms with Gasteiger partial charge in [0.05, 0.1) is 30.6 Å². The van der Waals surface area contributed by atoms with E-state index in [9.17, 15) is 4.79 Å². The Morgan fingerprint density at radius 1 is 1.22 bits per heavy atom. The summed E-state index contributed by atoms with van der Waals surface area (Å²) in [7, 11) is 0. The number of nitrogens with zero attached hydrogens (tertiary/aromatic N) is 5. The van der Waals surface area contributed by atoms with Gasteiger partial charge in [0.25, 0.3) is 0 Å². The topological polar surface area (TPSA) is 65.2 Å². The van der Waals surface area contributed by atoms with E-state index in [4.69, 9.17) is 9.84 Å². The van der Waals surface area contributed by atoms with E-state index in [1.807, 2.05) is 59.8 Å². The van der Waals surface area contributed by atoms with Gasteiger partial charge in [0.1, 0.15) is 6.54 Å². The van der Waals surface area contributed by atoms with Crippen LogP contribution in [-0.4, -0.2) is 50.1 Å². The number of hydrogen-bond donors (Lipinski definition) is 0. The van der Waals surface area contributed by atoms with E-state index in [-0.39, 0.29) is 18.5 Å². The number of hydrogen-bond acceptors (Lipinski definition) is 4. The summed E-state index contributed by atoms with van der Waals surface area (Å²) in [4.78, 5) is 14.8. The summed E-state index contributed by atoms with van der Waals surface area (Å²) in [5.41, 5.74) is 4.03. The maximum absolute atomic E-state index is 12.9. The van der Waals surface area contributed by atoms with Crippen molar-refractivity contribution in [3.05, 3.63) is 65.7 Å². The Morgan fingerprint density at radius 2 is 2.04 bits per heavy atom. The molecule has 0 N–H and O–H groups in total. The van der Waals surface area contributed by atoms with Gasteiger partial charge in [-0.2, -0.15) is 10.2 Å². The zero-order valence-corrected chi connectivity index (χ0v) is 15.6. The molecule has 1 unspecified atom stereocenters. The number of carbonyl (C=O) groups excluding carboxylic acids is 1. The molecule has 0 aliphatic carbocycles. The lowest BCUT2D eigenvalue weighted by Crippen LogP contribution is -2.45. The second kappa shape index (κ2) is 7.36. The van der Waals surface area contributed by atoms with Gasteiger partial charge in [-0.25, -0.2) is 4.68 Å². The molecular weight excluding hydrogens is 342 g/mol. The average Bonchev–Trinajstić information content (AvgIpc) is 3.30. The minimum atomic E-state index is -0.140. The van der Waals surface area contributed by atoms with Crippen molar-refractivity contribution in [3.8, 4) is 5.69 Å². The number of ether oxygens (including phenoxy) is 1. The summed E-state index contributed by atoms with van der Waals surface area (Å²) < 4.78 is 9.32. The second-order valence-corrected chi connectivity index (χ2v) is 6.71. The molecule has 140 valence electrons.